The molecule has 0 amide bonds. The van der Waals surface area contributed by atoms with Crippen molar-refractivity contribution in [1.82, 2.24) is 0 Å². The summed E-state index contributed by atoms with van der Waals surface area (Å²) in [5.74, 6) is 0.498. The number of allylic oxidation sites excluding steroid dienone is 2. The summed E-state index contributed by atoms with van der Waals surface area (Å²) in [6, 6.07) is 0. The number of hydrogen-bond acceptors (Lipinski definition) is 2. The molecule has 0 saturated carbocycles. The van der Waals surface area contributed by atoms with Gasteiger partial charge in [-0.15, -0.1) is 0 Å². The first-order chi connectivity index (χ1) is 6.07. The number of hydrogen-bond donors (Lipinski definition) is 0. The molecule has 0 rings (SSSR count). The van der Waals surface area contributed by atoms with Crippen LogP contribution >= 0.6 is 0 Å². The largest absolute Gasteiger partial charge is 0.303 e. The van der Waals surface area contributed by atoms with Gasteiger partial charge in [0.05, 0.1) is 0 Å². The minimum Gasteiger partial charge on any atom is -0.303 e. The van der Waals surface area contributed by atoms with Gasteiger partial charge in [0.15, 0.2) is 5.78 Å². The Bertz CT molecular complexity index is 192. The molecule has 1 unspecified atom stereocenters. The lowest BCUT2D eigenvalue weighted by Gasteiger charge is -2.04. The van der Waals surface area contributed by atoms with Crippen LogP contribution in [-0.2, 0) is 9.59 Å². The van der Waals surface area contributed by atoms with Crippen molar-refractivity contribution in [2.45, 2.75) is 33.6 Å². The van der Waals surface area contributed by atoms with Crippen LogP contribution in [0.5, 0.6) is 0 Å². The van der Waals surface area contributed by atoms with Crippen LogP contribution in [0.25, 0.3) is 0 Å². The van der Waals surface area contributed by atoms with Gasteiger partial charge in [-0.3, -0.25) is 4.79 Å². The summed E-state index contributed by atoms with van der Waals surface area (Å²) in [7, 11) is 0. The van der Waals surface area contributed by atoms with E-state index in [1.165, 1.54) is 0 Å². The molecular weight excluding hydrogens is 164 g/mol. The third kappa shape index (κ3) is 6.26. The molecule has 2 nitrogen and oxygen atoms in total. The van der Waals surface area contributed by atoms with Crippen molar-refractivity contribution in [2.75, 3.05) is 0 Å². The molecule has 0 saturated heterocycles. The summed E-state index contributed by atoms with van der Waals surface area (Å²) in [5.41, 5.74) is 0. The smallest absolute Gasteiger partial charge is 0.158 e. The Labute approximate surface area is 80.0 Å². The van der Waals surface area contributed by atoms with E-state index in [0.29, 0.717) is 18.8 Å². The summed E-state index contributed by atoms with van der Waals surface area (Å²) in [5, 5.41) is 0. The number of carbonyl (C=O) groups excluding carboxylic acids is 2. The molecule has 0 radical (unpaired) electrons. The molecule has 0 heterocycles. The van der Waals surface area contributed by atoms with E-state index >= 15 is 0 Å². The van der Waals surface area contributed by atoms with Crippen LogP contribution in [0.15, 0.2) is 12.2 Å². The highest BCUT2D eigenvalue weighted by atomic mass is 16.1. The van der Waals surface area contributed by atoms with E-state index in [1.807, 2.05) is 26.8 Å². The highest BCUT2D eigenvalue weighted by Crippen LogP contribution is 2.07. The molecule has 74 valence electrons. The van der Waals surface area contributed by atoms with Crippen LogP contribution in [0.1, 0.15) is 33.6 Å². The third-order valence-electron chi connectivity index (χ3n) is 1.85. The van der Waals surface area contributed by atoms with Crippen LogP contribution in [-0.4, -0.2) is 12.1 Å². The number of ketones is 1. The van der Waals surface area contributed by atoms with Crippen LogP contribution in [0.4, 0.5) is 0 Å². The average molecular weight is 182 g/mol. The summed E-state index contributed by atoms with van der Waals surface area (Å²) >= 11 is 0. The number of aldehydes is 1. The first-order valence-corrected chi connectivity index (χ1v) is 4.73. The molecule has 0 fully saturated rings. The quantitative estimate of drug-likeness (QED) is 0.467. The highest BCUT2D eigenvalue weighted by molar-refractivity contribution is 5.91. The molecule has 1 atom stereocenters. The molecular formula is C11H18O2. The van der Waals surface area contributed by atoms with Crippen LogP contribution < -0.4 is 0 Å². The zero-order valence-corrected chi connectivity index (χ0v) is 8.62. The molecule has 0 bridgehead atoms. The Morgan fingerprint density at radius 1 is 1.31 bits per heavy atom. The molecule has 0 aromatic carbocycles. The fourth-order valence-electron chi connectivity index (χ4n) is 0.912. The van der Waals surface area contributed by atoms with Crippen LogP contribution in [0, 0.1) is 11.8 Å². The zero-order valence-electron chi connectivity index (χ0n) is 8.62. The number of carbonyl (C=O) groups is 2. The molecule has 0 aliphatic carbocycles. The summed E-state index contributed by atoms with van der Waals surface area (Å²) in [6.07, 6.45) is 5.50. The summed E-state index contributed by atoms with van der Waals surface area (Å²) in [4.78, 5) is 21.4. The van der Waals surface area contributed by atoms with Gasteiger partial charge >= 0.3 is 0 Å². The van der Waals surface area contributed by atoms with E-state index in [4.69, 9.17) is 0 Å². The molecule has 2 heteroatoms. The van der Waals surface area contributed by atoms with Gasteiger partial charge in [-0.1, -0.05) is 26.8 Å². The minimum atomic E-state index is -0.0276. The maximum Gasteiger partial charge on any atom is 0.158 e. The zero-order chi connectivity index (χ0) is 10.3. The second-order valence-electron chi connectivity index (χ2n) is 3.65. The van der Waals surface area contributed by atoms with Gasteiger partial charge in [-0.2, -0.15) is 0 Å². The monoisotopic (exact) mass is 182 g/mol. The lowest BCUT2D eigenvalue weighted by atomic mass is 10.00. The van der Waals surface area contributed by atoms with E-state index in [1.54, 1.807) is 6.08 Å². The predicted octanol–water partition coefficient (Wildman–Crippen LogP) is 2.38. The lowest BCUT2D eigenvalue weighted by Crippen LogP contribution is -2.08. The molecule has 13 heavy (non-hydrogen) atoms. The topological polar surface area (TPSA) is 34.1 Å². The molecule has 0 aliphatic rings. The Morgan fingerprint density at radius 3 is 2.38 bits per heavy atom. The van der Waals surface area contributed by atoms with Gasteiger partial charge in [0.2, 0.25) is 0 Å². The SMILES string of the molecule is CC(C)/C=C/C(=O)C(C)CCC=O. The normalized spacial score (nSPS) is 13.5. The van der Waals surface area contributed by atoms with E-state index < -0.39 is 0 Å². The van der Waals surface area contributed by atoms with Gasteiger partial charge in [0.1, 0.15) is 6.29 Å². The van der Waals surface area contributed by atoms with Crippen molar-refractivity contribution < 1.29 is 9.59 Å². The van der Waals surface area contributed by atoms with Crippen LogP contribution in [0.3, 0.4) is 0 Å². The molecule has 0 aromatic heterocycles. The fraction of sp³-hybridized carbons (Fsp3) is 0.636. The van der Waals surface area contributed by atoms with Gasteiger partial charge < -0.3 is 4.79 Å². The van der Waals surface area contributed by atoms with Gasteiger partial charge in [-0.25, -0.2) is 0 Å². The van der Waals surface area contributed by atoms with Gasteiger partial charge in [0.25, 0.3) is 0 Å². The second-order valence-corrected chi connectivity index (χ2v) is 3.65. The van der Waals surface area contributed by atoms with E-state index in [-0.39, 0.29) is 11.7 Å². The highest BCUT2D eigenvalue weighted by Gasteiger charge is 2.08. The maximum atomic E-state index is 11.4. The maximum absolute atomic E-state index is 11.4. The minimum absolute atomic E-state index is 0.0276. The molecule has 0 N–H and O–H groups in total. The van der Waals surface area contributed by atoms with E-state index in [2.05, 4.69) is 0 Å². The van der Waals surface area contributed by atoms with Crippen molar-refractivity contribution in [3.63, 3.8) is 0 Å². The second kappa shape index (κ2) is 6.58. The Morgan fingerprint density at radius 2 is 1.92 bits per heavy atom. The van der Waals surface area contributed by atoms with Crippen molar-refractivity contribution in [3.05, 3.63) is 12.2 Å². The lowest BCUT2D eigenvalue weighted by molar-refractivity contribution is -0.118. The van der Waals surface area contributed by atoms with Crippen LogP contribution in [0.2, 0.25) is 0 Å². The van der Waals surface area contributed by atoms with Crippen molar-refractivity contribution >= 4 is 12.1 Å². The summed E-state index contributed by atoms with van der Waals surface area (Å²) < 4.78 is 0. The van der Waals surface area contributed by atoms with Gasteiger partial charge in [0, 0.05) is 12.3 Å². The average Bonchev–Trinajstić information content (AvgIpc) is 2.10. The molecule has 0 aliphatic heterocycles. The standard InChI is InChI=1S/C11H18O2/c1-9(2)6-7-11(13)10(3)5-4-8-12/h6-10H,4-5H2,1-3H3/b7-6+. The first-order valence-electron chi connectivity index (χ1n) is 4.73. The summed E-state index contributed by atoms with van der Waals surface area (Å²) in [6.45, 7) is 5.91. The Kier molecular flexibility index (Phi) is 6.11. The number of rotatable bonds is 6. The first kappa shape index (κ1) is 12.1. The van der Waals surface area contributed by atoms with E-state index in [9.17, 15) is 9.59 Å². The van der Waals surface area contributed by atoms with Crippen molar-refractivity contribution in [3.8, 4) is 0 Å². The third-order valence-corrected chi connectivity index (χ3v) is 1.85. The van der Waals surface area contributed by atoms with Gasteiger partial charge in [-0.05, 0) is 18.4 Å². The fourth-order valence-corrected chi connectivity index (χ4v) is 0.912. The van der Waals surface area contributed by atoms with E-state index in [0.717, 1.165) is 6.29 Å². The molecule has 0 spiro atoms. The Hall–Kier alpha value is -0.920. The predicted molar refractivity (Wildman–Crippen MR) is 53.4 cm³/mol. The Balaban J connectivity index is 3.88. The van der Waals surface area contributed by atoms with Crippen molar-refractivity contribution in [2.24, 2.45) is 11.8 Å². The van der Waals surface area contributed by atoms with Crippen molar-refractivity contribution in [1.29, 1.82) is 0 Å². The molecule has 0 aromatic rings.